The molecule has 1 amide bonds. The lowest BCUT2D eigenvalue weighted by Gasteiger charge is -2.25. The summed E-state index contributed by atoms with van der Waals surface area (Å²) < 4.78 is 11.0. The van der Waals surface area contributed by atoms with Crippen molar-refractivity contribution in [2.24, 2.45) is 0 Å². The minimum atomic E-state index is -0.722. The molecule has 0 saturated heterocycles. The average Bonchev–Trinajstić information content (AvgIpc) is 2.83. The first kappa shape index (κ1) is 11.7. The highest BCUT2D eigenvalue weighted by Gasteiger charge is 2.27. The monoisotopic (exact) mass is 278 g/mol. The fourth-order valence-corrected chi connectivity index (χ4v) is 2.13. The number of ether oxygens (including phenoxy) is 2. The van der Waals surface area contributed by atoms with Gasteiger partial charge in [-0.25, -0.2) is 0 Å². The number of anilines is 2. The number of amides is 1. The van der Waals surface area contributed by atoms with Gasteiger partial charge in [-0.1, -0.05) is 23.5 Å². The second-order valence-corrected chi connectivity index (χ2v) is 4.81. The molecule has 3 rings (SSSR count). The van der Waals surface area contributed by atoms with Gasteiger partial charge >= 0.3 is 0 Å². The van der Waals surface area contributed by atoms with Gasteiger partial charge in [0.25, 0.3) is 5.91 Å². The Bertz CT molecular complexity index is 615. The summed E-state index contributed by atoms with van der Waals surface area (Å²) in [5, 5.41) is 10.5. The lowest BCUT2D eigenvalue weighted by molar-refractivity contribution is -0.125. The number of para-hydroxylation sites is 2. The predicted molar refractivity (Wildman–Crippen MR) is 69.3 cm³/mol. The first-order chi connectivity index (χ1) is 9.22. The fraction of sp³-hybridized carbons (Fsp3) is 0.182. The molecule has 1 aromatic heterocycles. The molecule has 1 unspecified atom stereocenters. The Morgan fingerprint density at radius 3 is 2.89 bits per heavy atom. The van der Waals surface area contributed by atoms with Crippen LogP contribution in [0.2, 0.25) is 0 Å². The third-order valence-corrected chi connectivity index (χ3v) is 3.14. The highest BCUT2D eigenvalue weighted by molar-refractivity contribution is 7.18. The quantitative estimate of drug-likeness (QED) is 0.846. The highest BCUT2D eigenvalue weighted by atomic mass is 32.1. The van der Waals surface area contributed by atoms with Crippen LogP contribution >= 0.6 is 11.3 Å². The van der Waals surface area contributed by atoms with Crippen molar-refractivity contribution in [3.63, 3.8) is 0 Å². The number of nitrogen functional groups attached to an aromatic ring is 1. The molecule has 8 heteroatoms. The molecule has 7 nitrogen and oxygen atoms in total. The molecular weight excluding hydrogens is 268 g/mol. The van der Waals surface area contributed by atoms with E-state index in [0.717, 1.165) is 11.3 Å². The minimum Gasteiger partial charge on any atom is -0.485 e. The van der Waals surface area contributed by atoms with Crippen molar-refractivity contribution in [1.29, 1.82) is 0 Å². The van der Waals surface area contributed by atoms with Crippen LogP contribution in [0.3, 0.4) is 0 Å². The normalized spacial score (nSPS) is 16.9. The minimum absolute atomic E-state index is 0.150. The van der Waals surface area contributed by atoms with Crippen molar-refractivity contribution in [3.8, 4) is 11.5 Å². The van der Waals surface area contributed by atoms with Crippen LogP contribution in [0, 0.1) is 0 Å². The standard InChI is InChI=1S/C11H10N4O3S/c12-10-14-15-11(19-10)13-9(16)8-5-17-6-3-1-2-4-7(6)18-8/h1-4,8H,5H2,(H2,12,14)(H,13,15,16). The van der Waals surface area contributed by atoms with E-state index in [1.54, 1.807) is 12.1 Å². The summed E-state index contributed by atoms with van der Waals surface area (Å²) in [4.78, 5) is 12.0. The van der Waals surface area contributed by atoms with Gasteiger partial charge in [0.05, 0.1) is 0 Å². The van der Waals surface area contributed by atoms with E-state index in [4.69, 9.17) is 15.2 Å². The maximum Gasteiger partial charge on any atom is 0.270 e. The molecule has 0 bridgehead atoms. The molecule has 98 valence electrons. The Balaban J connectivity index is 1.69. The molecule has 0 fully saturated rings. The number of benzene rings is 1. The molecule has 0 radical (unpaired) electrons. The number of nitrogens with two attached hydrogens (primary N) is 1. The van der Waals surface area contributed by atoms with Crippen molar-refractivity contribution < 1.29 is 14.3 Å². The Morgan fingerprint density at radius 1 is 1.37 bits per heavy atom. The van der Waals surface area contributed by atoms with Crippen LogP contribution in [0.25, 0.3) is 0 Å². The lowest BCUT2D eigenvalue weighted by Crippen LogP contribution is -2.40. The van der Waals surface area contributed by atoms with Gasteiger partial charge < -0.3 is 15.2 Å². The molecule has 1 aromatic carbocycles. The van der Waals surface area contributed by atoms with Crippen molar-refractivity contribution >= 4 is 27.5 Å². The Morgan fingerprint density at radius 2 is 2.16 bits per heavy atom. The van der Waals surface area contributed by atoms with E-state index in [2.05, 4.69) is 15.5 Å². The van der Waals surface area contributed by atoms with Gasteiger partial charge in [-0.15, -0.1) is 10.2 Å². The topological polar surface area (TPSA) is 99.4 Å². The number of hydrogen-bond donors (Lipinski definition) is 2. The summed E-state index contributed by atoms with van der Waals surface area (Å²) in [5.74, 6) is 0.836. The molecule has 19 heavy (non-hydrogen) atoms. The Labute approximate surface area is 112 Å². The lowest BCUT2D eigenvalue weighted by atomic mass is 10.2. The summed E-state index contributed by atoms with van der Waals surface area (Å²) in [6, 6.07) is 7.19. The van der Waals surface area contributed by atoms with Crippen LogP contribution in [-0.2, 0) is 4.79 Å². The van der Waals surface area contributed by atoms with Crippen molar-refractivity contribution in [2.45, 2.75) is 6.10 Å². The SMILES string of the molecule is Nc1nnc(NC(=O)C2COc3ccccc3O2)s1. The molecule has 1 aliphatic rings. The number of aromatic nitrogens is 2. The van der Waals surface area contributed by atoms with Crippen LogP contribution in [-0.4, -0.2) is 28.8 Å². The molecule has 0 saturated carbocycles. The molecule has 3 N–H and O–H groups in total. The molecule has 2 aromatic rings. The summed E-state index contributed by atoms with van der Waals surface area (Å²) in [7, 11) is 0. The predicted octanol–water partition coefficient (Wildman–Crippen LogP) is 0.899. The number of fused-ring (bicyclic) bond motifs is 1. The maximum absolute atomic E-state index is 12.0. The molecule has 1 atom stereocenters. The second-order valence-electron chi connectivity index (χ2n) is 3.80. The van der Waals surface area contributed by atoms with E-state index >= 15 is 0 Å². The van der Waals surface area contributed by atoms with Gasteiger partial charge in [-0.3, -0.25) is 10.1 Å². The zero-order valence-electron chi connectivity index (χ0n) is 9.70. The number of carbonyl (C=O) groups excluding carboxylic acids is 1. The highest BCUT2D eigenvalue weighted by Crippen LogP contribution is 2.31. The first-order valence-electron chi connectivity index (χ1n) is 5.51. The summed E-state index contributed by atoms with van der Waals surface area (Å²) in [6.07, 6.45) is -0.722. The third kappa shape index (κ3) is 2.43. The molecule has 2 heterocycles. The maximum atomic E-state index is 12.0. The average molecular weight is 278 g/mol. The van der Waals surface area contributed by atoms with Gasteiger partial charge in [0, 0.05) is 0 Å². The van der Waals surface area contributed by atoms with E-state index in [1.165, 1.54) is 0 Å². The molecule has 0 aliphatic carbocycles. The van der Waals surface area contributed by atoms with Crippen LogP contribution in [0.15, 0.2) is 24.3 Å². The summed E-state index contributed by atoms with van der Waals surface area (Å²) in [5.41, 5.74) is 5.43. The first-order valence-corrected chi connectivity index (χ1v) is 6.32. The number of hydrogen-bond acceptors (Lipinski definition) is 7. The van der Waals surface area contributed by atoms with Crippen LogP contribution in [0.4, 0.5) is 10.3 Å². The van der Waals surface area contributed by atoms with Crippen molar-refractivity contribution in [1.82, 2.24) is 10.2 Å². The van der Waals surface area contributed by atoms with Gasteiger partial charge in [0.2, 0.25) is 16.4 Å². The molecule has 0 spiro atoms. The van der Waals surface area contributed by atoms with Gasteiger partial charge in [0.15, 0.2) is 11.5 Å². The van der Waals surface area contributed by atoms with E-state index in [0.29, 0.717) is 21.8 Å². The van der Waals surface area contributed by atoms with Crippen LogP contribution < -0.4 is 20.5 Å². The fourth-order valence-electron chi connectivity index (χ4n) is 1.62. The number of carbonyl (C=O) groups is 1. The third-order valence-electron chi connectivity index (χ3n) is 2.47. The zero-order valence-corrected chi connectivity index (χ0v) is 10.5. The van der Waals surface area contributed by atoms with Crippen molar-refractivity contribution in [3.05, 3.63) is 24.3 Å². The van der Waals surface area contributed by atoms with Crippen LogP contribution in [0.5, 0.6) is 11.5 Å². The number of rotatable bonds is 2. The summed E-state index contributed by atoms with van der Waals surface area (Å²) in [6.45, 7) is 0.150. The molecular formula is C11H10N4O3S. The number of nitrogens with one attached hydrogen (secondary N) is 1. The van der Waals surface area contributed by atoms with Gasteiger partial charge in [-0.05, 0) is 12.1 Å². The largest absolute Gasteiger partial charge is 0.485 e. The van der Waals surface area contributed by atoms with Crippen molar-refractivity contribution in [2.75, 3.05) is 17.7 Å². The number of nitrogens with zero attached hydrogens (tertiary/aromatic N) is 2. The zero-order chi connectivity index (χ0) is 13.2. The smallest absolute Gasteiger partial charge is 0.270 e. The van der Waals surface area contributed by atoms with E-state index < -0.39 is 6.10 Å². The van der Waals surface area contributed by atoms with Crippen LogP contribution in [0.1, 0.15) is 0 Å². The van der Waals surface area contributed by atoms with E-state index in [1.807, 2.05) is 12.1 Å². The Hall–Kier alpha value is -2.35. The van der Waals surface area contributed by atoms with E-state index in [-0.39, 0.29) is 12.5 Å². The summed E-state index contributed by atoms with van der Waals surface area (Å²) >= 11 is 1.09. The van der Waals surface area contributed by atoms with Gasteiger partial charge in [0.1, 0.15) is 6.61 Å². The molecule has 1 aliphatic heterocycles. The van der Waals surface area contributed by atoms with E-state index in [9.17, 15) is 4.79 Å². The van der Waals surface area contributed by atoms with Gasteiger partial charge in [-0.2, -0.15) is 0 Å². The second kappa shape index (κ2) is 4.73. The Kier molecular flexibility index (Phi) is 2.92.